The Hall–Kier alpha value is -2.62. The number of quaternary nitrogens is 1. The van der Waals surface area contributed by atoms with Gasteiger partial charge in [0.1, 0.15) is 5.97 Å². The number of amides is 1. The molecular weight excluding hydrogens is 345 g/mol. The Morgan fingerprint density at radius 3 is 2.04 bits per heavy atom. The van der Waals surface area contributed by atoms with Gasteiger partial charge in [0.2, 0.25) is 5.91 Å². The lowest BCUT2D eigenvalue weighted by molar-refractivity contribution is -0.366. The molecule has 0 heterocycles. The molecule has 0 aliphatic heterocycles. The third kappa shape index (κ3) is 10.7. The second-order valence-electron chi connectivity index (χ2n) is 4.83. The molecule has 0 fully saturated rings. The molecule has 7 nitrogen and oxygen atoms in total. The standard InChI is InChI=1S/C13H18N2O3.C2HF3O2/c14-8-6-12(16)15(9-7-13(17)18)10-11-4-2-1-3-5-11;3-2(4,5)1(6)7/h1-5H,6-10,14H2,(H,17,18);(H,6,7). The third-order valence-electron chi connectivity index (χ3n) is 2.79. The average molecular weight is 364 g/mol. The van der Waals surface area contributed by atoms with Crippen LogP contribution in [0, 0.1) is 0 Å². The minimum Gasteiger partial charge on any atom is -0.542 e. The van der Waals surface area contributed by atoms with Crippen LogP contribution >= 0.6 is 0 Å². The predicted octanol–water partition coefficient (Wildman–Crippen LogP) is -0.579. The van der Waals surface area contributed by atoms with Crippen molar-refractivity contribution in [1.29, 1.82) is 0 Å². The number of halogens is 3. The Bertz CT molecular complexity index is 564. The Balaban J connectivity index is 0.000000697. The minimum atomic E-state index is -5.19. The van der Waals surface area contributed by atoms with Gasteiger partial charge in [-0.1, -0.05) is 30.3 Å². The van der Waals surface area contributed by atoms with Crippen LogP contribution in [-0.2, 0) is 20.9 Å². The van der Waals surface area contributed by atoms with Crippen molar-refractivity contribution in [1.82, 2.24) is 4.90 Å². The van der Waals surface area contributed by atoms with Crippen LogP contribution in [-0.4, -0.2) is 47.1 Å². The van der Waals surface area contributed by atoms with E-state index in [2.05, 4.69) is 5.73 Å². The van der Waals surface area contributed by atoms with Crippen molar-refractivity contribution in [3.05, 3.63) is 35.9 Å². The first-order valence-electron chi connectivity index (χ1n) is 7.18. The number of alkyl halides is 3. The quantitative estimate of drug-likeness (QED) is 0.670. The largest absolute Gasteiger partial charge is 0.542 e. The van der Waals surface area contributed by atoms with Crippen molar-refractivity contribution in [2.75, 3.05) is 13.1 Å². The molecule has 0 unspecified atom stereocenters. The van der Waals surface area contributed by atoms with Gasteiger partial charge in [0.15, 0.2) is 0 Å². The van der Waals surface area contributed by atoms with E-state index in [1.807, 2.05) is 30.3 Å². The fraction of sp³-hybridized carbons (Fsp3) is 0.400. The second-order valence-corrected chi connectivity index (χ2v) is 4.83. The molecule has 0 atom stereocenters. The van der Waals surface area contributed by atoms with E-state index in [4.69, 9.17) is 15.0 Å². The molecule has 0 bridgehead atoms. The highest BCUT2D eigenvalue weighted by Gasteiger charge is 2.28. The highest BCUT2D eigenvalue weighted by molar-refractivity contribution is 5.77. The van der Waals surface area contributed by atoms with Gasteiger partial charge in [-0.3, -0.25) is 9.59 Å². The summed E-state index contributed by atoms with van der Waals surface area (Å²) in [6, 6.07) is 9.55. The summed E-state index contributed by atoms with van der Waals surface area (Å²) in [5.74, 6) is -3.95. The summed E-state index contributed by atoms with van der Waals surface area (Å²) in [4.78, 5) is 32.8. The van der Waals surface area contributed by atoms with Crippen LogP contribution in [0.5, 0.6) is 0 Å². The zero-order valence-corrected chi connectivity index (χ0v) is 13.3. The molecule has 0 saturated carbocycles. The molecule has 0 aliphatic rings. The van der Waals surface area contributed by atoms with E-state index in [0.717, 1.165) is 5.56 Å². The number of benzene rings is 1. The lowest BCUT2D eigenvalue weighted by atomic mass is 10.2. The number of hydrogen-bond acceptors (Lipinski definition) is 4. The normalized spacial score (nSPS) is 10.4. The van der Waals surface area contributed by atoms with Crippen LogP contribution in [0.2, 0.25) is 0 Å². The monoisotopic (exact) mass is 364 g/mol. The van der Waals surface area contributed by atoms with Crippen molar-refractivity contribution >= 4 is 17.8 Å². The molecule has 0 aliphatic carbocycles. The highest BCUT2D eigenvalue weighted by atomic mass is 19.4. The van der Waals surface area contributed by atoms with Crippen molar-refractivity contribution < 1.29 is 43.5 Å². The molecule has 25 heavy (non-hydrogen) atoms. The van der Waals surface area contributed by atoms with Crippen LogP contribution in [0.15, 0.2) is 30.3 Å². The van der Waals surface area contributed by atoms with Gasteiger partial charge < -0.3 is 25.6 Å². The summed E-state index contributed by atoms with van der Waals surface area (Å²) < 4.78 is 31.5. The summed E-state index contributed by atoms with van der Waals surface area (Å²) in [6.45, 7) is 1.22. The minimum absolute atomic E-state index is 0.0320. The van der Waals surface area contributed by atoms with Gasteiger partial charge in [-0.25, -0.2) is 0 Å². The molecule has 1 aromatic carbocycles. The Morgan fingerprint density at radius 2 is 1.64 bits per heavy atom. The fourth-order valence-corrected chi connectivity index (χ4v) is 1.64. The summed E-state index contributed by atoms with van der Waals surface area (Å²) in [5, 5.41) is 17.5. The molecule has 0 aromatic heterocycles. The molecule has 0 saturated heterocycles. The molecule has 1 amide bonds. The number of hydrogen-bond donors (Lipinski definition) is 2. The van der Waals surface area contributed by atoms with E-state index in [9.17, 15) is 22.8 Å². The number of carbonyl (C=O) groups excluding carboxylic acids is 2. The molecule has 140 valence electrons. The maximum Gasteiger partial charge on any atom is 0.430 e. The molecule has 1 aromatic rings. The van der Waals surface area contributed by atoms with Gasteiger partial charge in [0.25, 0.3) is 0 Å². The predicted molar refractivity (Wildman–Crippen MR) is 77.5 cm³/mol. The first-order valence-corrected chi connectivity index (χ1v) is 7.18. The molecule has 0 radical (unpaired) electrons. The first-order chi connectivity index (χ1) is 11.6. The van der Waals surface area contributed by atoms with Crippen LogP contribution in [0.25, 0.3) is 0 Å². The lowest BCUT2D eigenvalue weighted by Gasteiger charge is -2.21. The molecule has 0 spiro atoms. The van der Waals surface area contributed by atoms with E-state index < -0.39 is 18.1 Å². The van der Waals surface area contributed by atoms with Crippen LogP contribution in [0.1, 0.15) is 18.4 Å². The highest BCUT2D eigenvalue weighted by Crippen LogP contribution is 2.11. The van der Waals surface area contributed by atoms with E-state index >= 15 is 0 Å². The van der Waals surface area contributed by atoms with E-state index in [1.165, 1.54) is 0 Å². The third-order valence-corrected chi connectivity index (χ3v) is 2.79. The van der Waals surface area contributed by atoms with E-state index in [-0.39, 0.29) is 18.9 Å². The Labute approximate surface area is 141 Å². The second kappa shape index (κ2) is 11.0. The number of carbonyl (C=O) groups is 3. The van der Waals surface area contributed by atoms with Gasteiger partial charge in [-0.05, 0) is 5.56 Å². The first kappa shape index (κ1) is 22.4. The van der Waals surface area contributed by atoms with Crippen LogP contribution in [0.3, 0.4) is 0 Å². The number of carboxylic acids is 2. The molecule has 4 N–H and O–H groups in total. The van der Waals surface area contributed by atoms with Crippen molar-refractivity contribution in [3.63, 3.8) is 0 Å². The van der Waals surface area contributed by atoms with Crippen LogP contribution in [0.4, 0.5) is 13.2 Å². The molecular formula is C15H19F3N2O5. The van der Waals surface area contributed by atoms with Gasteiger partial charge in [0, 0.05) is 13.1 Å². The maximum absolute atomic E-state index is 11.9. The summed E-state index contributed by atoms with van der Waals surface area (Å²) in [7, 11) is 0. The number of rotatable bonds is 7. The number of carboxylic acid groups (broad SMARTS) is 2. The summed E-state index contributed by atoms with van der Waals surface area (Å²) >= 11 is 0. The molecule has 10 heteroatoms. The zero-order chi connectivity index (χ0) is 19.5. The summed E-state index contributed by atoms with van der Waals surface area (Å²) in [6.07, 6.45) is -4.87. The van der Waals surface area contributed by atoms with Gasteiger partial charge in [-0.15, -0.1) is 0 Å². The molecule has 1 rings (SSSR count). The lowest BCUT2D eigenvalue weighted by Crippen LogP contribution is -2.52. The number of nitrogens with zero attached hydrogens (tertiary/aromatic N) is 1. The Morgan fingerprint density at radius 1 is 1.12 bits per heavy atom. The number of aliphatic carboxylic acids is 2. The summed E-state index contributed by atoms with van der Waals surface area (Å²) in [5.41, 5.74) is 4.65. The van der Waals surface area contributed by atoms with Crippen molar-refractivity contribution in [2.45, 2.75) is 25.6 Å². The topological polar surface area (TPSA) is 125 Å². The SMILES string of the molecule is O=C([O-])C(F)(F)F.[NH3+]CCC(=O)N(CCC(=O)O)Cc1ccccc1. The van der Waals surface area contributed by atoms with E-state index in [1.54, 1.807) is 4.90 Å². The van der Waals surface area contributed by atoms with Crippen molar-refractivity contribution in [3.8, 4) is 0 Å². The van der Waals surface area contributed by atoms with Crippen molar-refractivity contribution in [2.24, 2.45) is 0 Å². The van der Waals surface area contributed by atoms with Gasteiger partial charge in [0.05, 0.1) is 19.4 Å². The van der Waals surface area contributed by atoms with Crippen LogP contribution < -0.4 is 10.8 Å². The van der Waals surface area contributed by atoms with Gasteiger partial charge in [-0.2, -0.15) is 13.2 Å². The Kier molecular flexibility index (Phi) is 9.87. The van der Waals surface area contributed by atoms with Gasteiger partial charge >= 0.3 is 12.1 Å². The van der Waals surface area contributed by atoms with E-state index in [0.29, 0.717) is 19.5 Å². The maximum atomic E-state index is 11.9. The fourth-order valence-electron chi connectivity index (χ4n) is 1.64. The average Bonchev–Trinajstić information content (AvgIpc) is 2.52. The smallest absolute Gasteiger partial charge is 0.430 e. The zero-order valence-electron chi connectivity index (χ0n) is 13.3.